The molecule has 1 unspecified atom stereocenters. The molecule has 0 aliphatic carbocycles. The third-order valence-corrected chi connectivity index (χ3v) is 6.52. The van der Waals surface area contributed by atoms with Crippen molar-refractivity contribution in [1.82, 2.24) is 9.80 Å². The zero-order chi connectivity index (χ0) is 22.9. The van der Waals surface area contributed by atoms with Gasteiger partial charge in [-0.1, -0.05) is 18.2 Å². The van der Waals surface area contributed by atoms with E-state index >= 15 is 0 Å². The minimum atomic E-state index is -4.70. The lowest BCUT2D eigenvalue weighted by Gasteiger charge is -2.42. The summed E-state index contributed by atoms with van der Waals surface area (Å²) in [6.45, 7) is 7.01. The molecule has 8 heteroatoms. The Kier molecular flexibility index (Phi) is 6.51. The third kappa shape index (κ3) is 4.80. The van der Waals surface area contributed by atoms with Crippen LogP contribution in [0.2, 0.25) is 0 Å². The summed E-state index contributed by atoms with van der Waals surface area (Å²) in [5, 5.41) is 0. The maximum Gasteiger partial charge on any atom is 0.419 e. The van der Waals surface area contributed by atoms with Gasteiger partial charge in [0.25, 0.3) is 0 Å². The van der Waals surface area contributed by atoms with Crippen LogP contribution >= 0.6 is 0 Å². The van der Waals surface area contributed by atoms with Crippen molar-refractivity contribution in [3.8, 4) is 0 Å². The van der Waals surface area contributed by atoms with Gasteiger partial charge < -0.3 is 4.90 Å². The zero-order valence-electron chi connectivity index (χ0n) is 17.7. The number of halogens is 5. The second-order valence-corrected chi connectivity index (χ2v) is 8.60. The van der Waals surface area contributed by atoms with Crippen LogP contribution in [0.1, 0.15) is 42.7 Å². The van der Waals surface area contributed by atoms with E-state index in [2.05, 4.69) is 21.4 Å². The van der Waals surface area contributed by atoms with Gasteiger partial charge in [-0.3, -0.25) is 4.90 Å². The van der Waals surface area contributed by atoms with E-state index in [4.69, 9.17) is 0 Å². The molecule has 1 aromatic carbocycles. The Morgan fingerprint density at radius 2 is 1.91 bits per heavy atom. The fraction of sp³-hybridized carbons (Fsp3) is 0.458. The van der Waals surface area contributed by atoms with Gasteiger partial charge in [0.05, 0.1) is 30.2 Å². The molecule has 3 aliphatic rings. The maximum atomic E-state index is 13.6. The van der Waals surface area contributed by atoms with Crippen LogP contribution < -0.4 is 0 Å². The van der Waals surface area contributed by atoms with Gasteiger partial charge in [0.15, 0.2) is 0 Å². The summed E-state index contributed by atoms with van der Waals surface area (Å²) in [7, 11) is 0. The van der Waals surface area contributed by atoms with E-state index in [1.807, 2.05) is 6.08 Å². The number of aliphatic imine (C=N–C) groups is 1. The van der Waals surface area contributed by atoms with E-state index in [1.165, 1.54) is 12.1 Å². The number of allylic oxidation sites excluding steroid dienone is 1. The van der Waals surface area contributed by atoms with Crippen LogP contribution in [0, 0.1) is 5.82 Å². The Morgan fingerprint density at radius 1 is 1.16 bits per heavy atom. The molecule has 2 saturated heterocycles. The number of nitrogens with zero attached hydrogens (tertiary/aromatic N) is 3. The average molecular weight is 451 g/mol. The number of fused-ring (bicyclic) bond motifs is 1. The minimum Gasteiger partial charge on any atom is -0.349 e. The summed E-state index contributed by atoms with van der Waals surface area (Å²) in [5.41, 5.74) is 0.987. The van der Waals surface area contributed by atoms with E-state index in [0.29, 0.717) is 50.1 Å². The summed E-state index contributed by atoms with van der Waals surface area (Å²) < 4.78 is 65.6. The number of piperidine rings is 2. The predicted molar refractivity (Wildman–Crippen MR) is 114 cm³/mol. The van der Waals surface area contributed by atoms with Crippen molar-refractivity contribution in [1.29, 1.82) is 0 Å². The van der Waals surface area contributed by atoms with Crippen molar-refractivity contribution >= 4 is 5.84 Å². The number of benzene rings is 1. The fourth-order valence-corrected chi connectivity index (χ4v) is 4.82. The highest BCUT2D eigenvalue weighted by molar-refractivity contribution is 5.87. The highest BCUT2D eigenvalue weighted by atomic mass is 19.4. The van der Waals surface area contributed by atoms with E-state index in [9.17, 15) is 22.0 Å². The van der Waals surface area contributed by atoms with Gasteiger partial charge in [0, 0.05) is 6.54 Å². The molecule has 4 rings (SSSR count). The van der Waals surface area contributed by atoms with Gasteiger partial charge in [0.1, 0.15) is 11.7 Å². The molecular formula is C24H26F5N3. The summed E-state index contributed by atoms with van der Waals surface area (Å²) in [5.74, 6) is -0.419. The second-order valence-electron chi connectivity index (χ2n) is 8.60. The normalized spacial score (nSPS) is 23.3. The molecule has 0 radical (unpaired) electrons. The molecule has 0 saturated carbocycles. The van der Waals surface area contributed by atoms with Crippen LogP contribution in [0.5, 0.6) is 0 Å². The van der Waals surface area contributed by atoms with Gasteiger partial charge in [-0.25, -0.2) is 13.8 Å². The van der Waals surface area contributed by atoms with Crippen molar-refractivity contribution in [2.45, 2.75) is 43.8 Å². The van der Waals surface area contributed by atoms with Crippen molar-refractivity contribution in [2.75, 3.05) is 26.2 Å². The number of amidine groups is 1. The average Bonchev–Trinajstić information content (AvgIpc) is 2.75. The van der Waals surface area contributed by atoms with Crippen LogP contribution in [0.4, 0.5) is 22.0 Å². The first-order chi connectivity index (χ1) is 15.3. The minimum absolute atomic E-state index is 0.0139. The molecule has 172 valence electrons. The van der Waals surface area contributed by atoms with Gasteiger partial charge in [-0.2, -0.15) is 13.2 Å². The van der Waals surface area contributed by atoms with Crippen LogP contribution in [0.15, 0.2) is 59.5 Å². The van der Waals surface area contributed by atoms with Crippen molar-refractivity contribution in [2.24, 2.45) is 4.99 Å². The molecule has 3 heterocycles. The van der Waals surface area contributed by atoms with Gasteiger partial charge in [-0.15, -0.1) is 0 Å². The molecule has 1 atom stereocenters. The fourth-order valence-electron chi connectivity index (χ4n) is 4.82. The Labute approximate surface area is 184 Å². The molecule has 0 bridgehead atoms. The number of hydrogen-bond donors (Lipinski definition) is 0. The summed E-state index contributed by atoms with van der Waals surface area (Å²) in [6, 6.07) is 3.34. The largest absolute Gasteiger partial charge is 0.419 e. The molecular weight excluding hydrogens is 425 g/mol. The SMILES string of the molecule is C=C1CCCN2C(CN3CCC(c4ccc(F)c(C(F)(F)F)c4)CC3)=NC(/C=C/F)=CC12. The van der Waals surface area contributed by atoms with E-state index in [0.717, 1.165) is 42.9 Å². The van der Waals surface area contributed by atoms with Gasteiger partial charge in [-0.05, 0) is 74.5 Å². The Bertz CT molecular complexity index is 955. The first kappa shape index (κ1) is 22.7. The van der Waals surface area contributed by atoms with Crippen LogP contribution in [0.3, 0.4) is 0 Å². The summed E-state index contributed by atoms with van der Waals surface area (Å²) in [4.78, 5) is 9.07. The molecule has 3 aliphatic heterocycles. The second kappa shape index (κ2) is 9.17. The Morgan fingerprint density at radius 3 is 2.59 bits per heavy atom. The smallest absolute Gasteiger partial charge is 0.349 e. The van der Waals surface area contributed by atoms with Crippen molar-refractivity contribution < 1.29 is 22.0 Å². The molecule has 0 amide bonds. The number of rotatable bonds is 4. The van der Waals surface area contributed by atoms with Crippen molar-refractivity contribution in [3.63, 3.8) is 0 Å². The quantitative estimate of drug-likeness (QED) is 0.424. The lowest BCUT2D eigenvalue weighted by Crippen LogP contribution is -2.50. The van der Waals surface area contributed by atoms with E-state index in [-0.39, 0.29) is 12.0 Å². The molecule has 2 fully saturated rings. The molecule has 0 spiro atoms. The number of alkyl halides is 3. The Hall–Kier alpha value is -2.48. The lowest BCUT2D eigenvalue weighted by molar-refractivity contribution is -0.140. The first-order valence-electron chi connectivity index (χ1n) is 10.9. The first-order valence-corrected chi connectivity index (χ1v) is 10.9. The lowest BCUT2D eigenvalue weighted by atomic mass is 9.88. The van der Waals surface area contributed by atoms with Crippen molar-refractivity contribution in [3.05, 3.63) is 71.5 Å². The summed E-state index contributed by atoms with van der Waals surface area (Å²) >= 11 is 0. The maximum absolute atomic E-state index is 13.6. The Balaban J connectivity index is 1.44. The predicted octanol–water partition coefficient (Wildman–Crippen LogP) is 5.82. The van der Waals surface area contributed by atoms with Gasteiger partial charge >= 0.3 is 6.18 Å². The highest BCUT2D eigenvalue weighted by Gasteiger charge is 2.35. The molecule has 0 aromatic heterocycles. The zero-order valence-corrected chi connectivity index (χ0v) is 17.7. The number of hydrogen-bond acceptors (Lipinski definition) is 3. The van der Waals surface area contributed by atoms with Crippen LogP contribution in [-0.4, -0.2) is 47.9 Å². The van der Waals surface area contributed by atoms with E-state index in [1.54, 1.807) is 0 Å². The van der Waals surface area contributed by atoms with Crippen LogP contribution in [-0.2, 0) is 6.18 Å². The molecule has 1 aromatic rings. The van der Waals surface area contributed by atoms with Crippen LogP contribution in [0.25, 0.3) is 0 Å². The molecule has 32 heavy (non-hydrogen) atoms. The topological polar surface area (TPSA) is 18.8 Å². The molecule has 3 nitrogen and oxygen atoms in total. The molecule has 0 N–H and O–H groups in total. The monoisotopic (exact) mass is 451 g/mol. The third-order valence-electron chi connectivity index (χ3n) is 6.52. The standard InChI is InChI=1S/C24H26F5N3/c1-16-3-2-10-32-22(16)14-19(6-9-25)30-23(32)15-31-11-7-17(8-12-31)18-4-5-21(26)20(13-18)24(27,28)29/h4-6,9,13-14,17,22H,1-3,7-8,10-12,15H2/b9-6+. The number of likely N-dealkylation sites (tertiary alicyclic amines) is 1. The highest BCUT2D eigenvalue weighted by Crippen LogP contribution is 2.36. The van der Waals surface area contributed by atoms with Gasteiger partial charge in [0.2, 0.25) is 0 Å². The van der Waals surface area contributed by atoms with E-state index < -0.39 is 17.6 Å². The summed E-state index contributed by atoms with van der Waals surface area (Å²) in [6.07, 6.45) is 2.34.